The van der Waals surface area contributed by atoms with Crippen LogP contribution in [0, 0.1) is 0 Å². The summed E-state index contributed by atoms with van der Waals surface area (Å²) in [4.78, 5) is 36.9. The second kappa shape index (κ2) is 5.15. The first kappa shape index (κ1) is 16.2. The summed E-state index contributed by atoms with van der Waals surface area (Å²) in [6, 6.07) is -4.43. The first-order valence-electron chi connectivity index (χ1n) is 6.38. The highest BCUT2D eigenvalue weighted by molar-refractivity contribution is 7.80. The van der Waals surface area contributed by atoms with Crippen molar-refractivity contribution in [3.05, 3.63) is 17.5 Å². The number of methoxy groups -OCH3 is 1. The molecule has 2 atom stereocenters. The number of carbonyl (C=O) groups is 3. The summed E-state index contributed by atoms with van der Waals surface area (Å²) in [5.41, 5.74) is 5.31. The first-order chi connectivity index (χ1) is 11.2. The lowest BCUT2D eigenvalue weighted by Crippen LogP contribution is -2.41. The molecule has 3 N–H and O–H groups in total. The predicted molar refractivity (Wildman–Crippen MR) is 71.3 cm³/mol. The number of nitrogens with two attached hydrogens (primary N) is 1. The minimum Gasteiger partial charge on any atom is -0.467 e. The van der Waals surface area contributed by atoms with Crippen molar-refractivity contribution in [2.75, 3.05) is 13.7 Å². The zero-order valence-electron chi connectivity index (χ0n) is 12.0. The number of fused-ring (bicyclic) bond motifs is 4. The van der Waals surface area contributed by atoms with E-state index in [0.717, 1.165) is 18.2 Å². The molecule has 24 heavy (non-hydrogen) atoms. The van der Waals surface area contributed by atoms with Crippen LogP contribution in [0.4, 0.5) is 9.59 Å². The molecule has 2 aliphatic heterocycles. The van der Waals surface area contributed by atoms with Crippen LogP contribution in [-0.4, -0.2) is 64.4 Å². The molecular formula is C10H11N5O8S. The van der Waals surface area contributed by atoms with Crippen LogP contribution >= 0.6 is 0 Å². The molecule has 0 aromatic carbocycles. The van der Waals surface area contributed by atoms with E-state index in [1.807, 2.05) is 0 Å². The normalized spacial score (nSPS) is 22.5. The molecular weight excluding hydrogens is 350 g/mol. The van der Waals surface area contributed by atoms with Gasteiger partial charge in [0.05, 0.1) is 25.5 Å². The second-order valence-corrected chi connectivity index (χ2v) is 5.94. The van der Waals surface area contributed by atoms with Gasteiger partial charge in [0, 0.05) is 5.56 Å². The Kier molecular flexibility index (Phi) is 3.47. The third kappa shape index (κ3) is 2.27. The van der Waals surface area contributed by atoms with Gasteiger partial charge in [-0.1, -0.05) is 0 Å². The Morgan fingerprint density at radius 1 is 1.46 bits per heavy atom. The Balaban J connectivity index is 2.16. The number of hydrogen-bond acceptors (Lipinski definition) is 8. The van der Waals surface area contributed by atoms with Gasteiger partial charge in [0.2, 0.25) is 0 Å². The van der Waals surface area contributed by atoms with Crippen molar-refractivity contribution in [3.8, 4) is 0 Å². The quantitative estimate of drug-likeness (QED) is 0.482. The minimum absolute atomic E-state index is 0.0413. The van der Waals surface area contributed by atoms with Gasteiger partial charge in [0.1, 0.15) is 6.04 Å². The van der Waals surface area contributed by atoms with Gasteiger partial charge in [-0.25, -0.2) is 14.4 Å². The van der Waals surface area contributed by atoms with Gasteiger partial charge in [-0.3, -0.25) is 4.55 Å². The average Bonchev–Trinajstić information content (AvgIpc) is 3.03. The standard InChI is InChI=1S/C10H11N5O8S/c1-22-8(16)7-6-4(2-12-14(6)9(11)17)5-3-13(7)10(18)15(5)23-24(19,20)21/h2,5,7H,3H2,1H3,(H2,11,17)(H,19,20,21). The van der Waals surface area contributed by atoms with Crippen molar-refractivity contribution in [1.82, 2.24) is 19.7 Å². The maximum absolute atomic E-state index is 12.3. The van der Waals surface area contributed by atoms with Crippen LogP contribution in [0.25, 0.3) is 0 Å². The van der Waals surface area contributed by atoms with E-state index in [4.69, 9.17) is 10.3 Å². The average molecular weight is 361 g/mol. The number of hydroxylamine groups is 2. The summed E-state index contributed by atoms with van der Waals surface area (Å²) in [5.74, 6) is -0.889. The molecule has 2 bridgehead atoms. The van der Waals surface area contributed by atoms with Gasteiger partial charge in [-0.05, 0) is 0 Å². The van der Waals surface area contributed by atoms with E-state index in [1.165, 1.54) is 0 Å². The van der Waals surface area contributed by atoms with E-state index in [1.54, 1.807) is 0 Å². The van der Waals surface area contributed by atoms with Crippen LogP contribution in [0.15, 0.2) is 6.20 Å². The summed E-state index contributed by atoms with van der Waals surface area (Å²) in [6.45, 7) is -0.147. The molecule has 3 amide bonds. The van der Waals surface area contributed by atoms with Gasteiger partial charge in [-0.15, -0.1) is 4.28 Å². The number of ether oxygens (including phenoxy) is 1. The van der Waals surface area contributed by atoms with Gasteiger partial charge in [-0.2, -0.15) is 23.3 Å². The van der Waals surface area contributed by atoms with Crippen LogP contribution in [0.1, 0.15) is 23.3 Å². The van der Waals surface area contributed by atoms with Crippen molar-refractivity contribution in [3.63, 3.8) is 0 Å². The van der Waals surface area contributed by atoms with E-state index >= 15 is 0 Å². The van der Waals surface area contributed by atoms with Crippen LogP contribution in [-0.2, 0) is 24.2 Å². The summed E-state index contributed by atoms with van der Waals surface area (Å²) < 4.78 is 40.4. The maximum Gasteiger partial charge on any atom is 0.418 e. The number of hydrogen-bond donors (Lipinski definition) is 2. The molecule has 1 aromatic heterocycles. The Bertz CT molecular complexity index is 847. The lowest BCUT2D eigenvalue weighted by Gasteiger charge is -2.28. The monoisotopic (exact) mass is 361 g/mol. The molecule has 2 unspecified atom stereocenters. The third-order valence-electron chi connectivity index (χ3n) is 3.66. The largest absolute Gasteiger partial charge is 0.467 e. The number of carbonyl (C=O) groups excluding carboxylic acids is 3. The van der Waals surface area contributed by atoms with Crippen molar-refractivity contribution in [2.45, 2.75) is 12.1 Å². The molecule has 14 heteroatoms. The molecule has 1 fully saturated rings. The van der Waals surface area contributed by atoms with Crippen LogP contribution < -0.4 is 5.73 Å². The van der Waals surface area contributed by atoms with Crippen molar-refractivity contribution < 1.29 is 36.4 Å². The van der Waals surface area contributed by atoms with Gasteiger partial charge >= 0.3 is 28.4 Å². The Morgan fingerprint density at radius 3 is 2.67 bits per heavy atom. The van der Waals surface area contributed by atoms with Crippen molar-refractivity contribution in [2.24, 2.45) is 5.73 Å². The van der Waals surface area contributed by atoms with E-state index in [-0.39, 0.29) is 17.8 Å². The van der Waals surface area contributed by atoms with E-state index in [0.29, 0.717) is 9.75 Å². The summed E-state index contributed by atoms with van der Waals surface area (Å²) in [5, 5.41) is 4.12. The first-order valence-corrected chi connectivity index (χ1v) is 7.74. The summed E-state index contributed by atoms with van der Waals surface area (Å²) in [6.07, 6.45) is 1.15. The smallest absolute Gasteiger partial charge is 0.418 e. The fraction of sp³-hybridized carbons (Fsp3) is 0.400. The molecule has 0 aliphatic carbocycles. The van der Waals surface area contributed by atoms with Crippen LogP contribution in [0.5, 0.6) is 0 Å². The van der Waals surface area contributed by atoms with Crippen molar-refractivity contribution >= 4 is 28.4 Å². The number of esters is 1. The van der Waals surface area contributed by atoms with Crippen LogP contribution in [0.2, 0.25) is 0 Å². The van der Waals surface area contributed by atoms with Gasteiger partial charge < -0.3 is 15.4 Å². The van der Waals surface area contributed by atoms with Gasteiger partial charge in [0.25, 0.3) is 0 Å². The van der Waals surface area contributed by atoms with E-state index < -0.39 is 40.5 Å². The highest BCUT2D eigenvalue weighted by Crippen LogP contribution is 2.44. The number of nitrogens with zero attached hydrogens (tertiary/aromatic N) is 4. The minimum atomic E-state index is -4.99. The topological polar surface area (TPSA) is 174 Å². The van der Waals surface area contributed by atoms with E-state index in [2.05, 4.69) is 14.1 Å². The maximum atomic E-state index is 12.3. The number of primary amides is 1. The molecule has 13 nitrogen and oxygen atoms in total. The fourth-order valence-corrected chi connectivity index (χ4v) is 3.17. The zero-order valence-corrected chi connectivity index (χ0v) is 12.8. The third-order valence-corrected chi connectivity index (χ3v) is 4.01. The molecule has 3 heterocycles. The Hall–Kier alpha value is -2.71. The lowest BCUT2D eigenvalue weighted by molar-refractivity contribution is -0.146. The molecule has 3 rings (SSSR count). The van der Waals surface area contributed by atoms with Crippen molar-refractivity contribution in [1.29, 1.82) is 0 Å². The molecule has 2 aliphatic rings. The Morgan fingerprint density at radius 2 is 2.12 bits per heavy atom. The number of aromatic nitrogens is 2. The molecule has 1 aromatic rings. The number of urea groups is 1. The fourth-order valence-electron chi connectivity index (χ4n) is 2.80. The Labute approximate surface area is 134 Å². The highest BCUT2D eigenvalue weighted by atomic mass is 32.3. The van der Waals surface area contributed by atoms with E-state index in [9.17, 15) is 22.8 Å². The van der Waals surface area contributed by atoms with Crippen LogP contribution in [0.3, 0.4) is 0 Å². The predicted octanol–water partition coefficient (Wildman–Crippen LogP) is -1.45. The zero-order chi connectivity index (χ0) is 17.8. The number of amides is 3. The molecule has 0 spiro atoms. The van der Waals surface area contributed by atoms with Gasteiger partial charge in [0.15, 0.2) is 6.04 Å². The summed E-state index contributed by atoms with van der Waals surface area (Å²) in [7, 11) is -3.92. The molecule has 130 valence electrons. The lowest BCUT2D eigenvalue weighted by atomic mass is 9.98. The highest BCUT2D eigenvalue weighted by Gasteiger charge is 2.54. The second-order valence-electron chi connectivity index (χ2n) is 4.94. The number of rotatable bonds is 3. The summed E-state index contributed by atoms with van der Waals surface area (Å²) >= 11 is 0. The SMILES string of the molecule is COC(=O)C1c2c(cnn2C(N)=O)C2CN1C(=O)N2OS(=O)(=O)O. The molecule has 0 radical (unpaired) electrons. The molecule has 1 saturated heterocycles. The molecule has 0 saturated carbocycles.